The van der Waals surface area contributed by atoms with E-state index < -0.39 is 0 Å². The summed E-state index contributed by atoms with van der Waals surface area (Å²) in [5, 5.41) is 4.76. The number of hydrogen-bond acceptors (Lipinski definition) is 4. The molecule has 1 aromatic heterocycles. The van der Waals surface area contributed by atoms with Gasteiger partial charge in [0, 0.05) is 24.5 Å². The molecule has 2 fully saturated rings. The van der Waals surface area contributed by atoms with Gasteiger partial charge in [-0.2, -0.15) is 0 Å². The van der Waals surface area contributed by atoms with Crippen molar-refractivity contribution in [3.63, 3.8) is 0 Å². The Kier molecular flexibility index (Phi) is 4.85. The molecule has 0 spiro atoms. The molecule has 3 rings (SSSR count). The van der Waals surface area contributed by atoms with Crippen molar-refractivity contribution >= 4 is 16.5 Å². The molecule has 2 aliphatic rings. The predicted molar refractivity (Wildman–Crippen MR) is 91.2 cm³/mol. The molecular weight excluding hydrogens is 278 g/mol. The molecule has 1 N–H and O–H groups in total. The van der Waals surface area contributed by atoms with Crippen molar-refractivity contribution in [2.24, 2.45) is 11.8 Å². The van der Waals surface area contributed by atoms with Crippen LogP contribution in [0.5, 0.6) is 0 Å². The molecule has 1 aliphatic heterocycles. The van der Waals surface area contributed by atoms with Crippen molar-refractivity contribution < 1.29 is 0 Å². The highest BCUT2D eigenvalue weighted by atomic mass is 32.1. The summed E-state index contributed by atoms with van der Waals surface area (Å²) in [6, 6.07) is 0. The number of aromatic nitrogens is 1. The van der Waals surface area contributed by atoms with Crippen molar-refractivity contribution in [2.45, 2.75) is 58.9 Å². The summed E-state index contributed by atoms with van der Waals surface area (Å²) in [6.07, 6.45) is 5.50. The highest BCUT2D eigenvalue weighted by Gasteiger charge is 2.37. The second-order valence-corrected chi connectivity index (χ2v) is 7.81. The first kappa shape index (κ1) is 15.3. The lowest BCUT2D eigenvalue weighted by molar-refractivity contribution is 0.494. The molecule has 3 atom stereocenters. The van der Waals surface area contributed by atoms with E-state index in [-0.39, 0.29) is 0 Å². The van der Waals surface area contributed by atoms with Crippen molar-refractivity contribution in [3.05, 3.63) is 10.6 Å². The van der Waals surface area contributed by atoms with Crippen LogP contribution in [-0.4, -0.2) is 24.6 Å². The van der Waals surface area contributed by atoms with Crippen LogP contribution in [-0.2, 0) is 6.54 Å². The minimum atomic E-state index is 0.575. The second kappa shape index (κ2) is 6.66. The molecule has 1 saturated carbocycles. The third kappa shape index (κ3) is 3.11. The number of nitrogens with one attached hydrogen (secondary N) is 1. The molecule has 1 aromatic rings. The molecule has 0 bridgehead atoms. The standard InChI is InChI=1S/C17H29N3S/c1-4-12(3)16-15(9-18-5-2)21-17(19-16)20-10-13-7-6-8-14(13)11-20/h12-14,18H,4-11H2,1-3H3. The van der Waals surface area contributed by atoms with Gasteiger partial charge in [-0.1, -0.05) is 27.2 Å². The molecule has 0 aromatic carbocycles. The van der Waals surface area contributed by atoms with E-state index in [1.807, 2.05) is 11.3 Å². The Morgan fingerprint density at radius 2 is 2.00 bits per heavy atom. The highest BCUT2D eigenvalue weighted by Crippen LogP contribution is 2.41. The van der Waals surface area contributed by atoms with E-state index in [1.54, 1.807) is 0 Å². The van der Waals surface area contributed by atoms with Gasteiger partial charge in [0.05, 0.1) is 5.69 Å². The molecule has 3 nitrogen and oxygen atoms in total. The summed E-state index contributed by atoms with van der Waals surface area (Å²) >= 11 is 1.93. The van der Waals surface area contributed by atoms with Crippen LogP contribution in [0.25, 0.3) is 0 Å². The maximum atomic E-state index is 5.05. The second-order valence-electron chi connectivity index (χ2n) is 6.75. The molecule has 21 heavy (non-hydrogen) atoms. The summed E-state index contributed by atoms with van der Waals surface area (Å²) in [5.41, 5.74) is 1.34. The van der Waals surface area contributed by atoms with Crippen LogP contribution in [0.2, 0.25) is 0 Å². The Morgan fingerprint density at radius 1 is 1.29 bits per heavy atom. The average Bonchev–Trinajstić information content (AvgIpc) is 3.17. The largest absolute Gasteiger partial charge is 0.348 e. The molecule has 2 heterocycles. The van der Waals surface area contributed by atoms with E-state index >= 15 is 0 Å². The lowest BCUT2D eigenvalue weighted by atomic mass is 10.0. The maximum Gasteiger partial charge on any atom is 0.185 e. The third-order valence-corrected chi connectivity index (χ3v) is 6.46. The monoisotopic (exact) mass is 307 g/mol. The van der Waals surface area contributed by atoms with Gasteiger partial charge in [0.2, 0.25) is 0 Å². The zero-order chi connectivity index (χ0) is 14.8. The van der Waals surface area contributed by atoms with Crippen LogP contribution in [0.4, 0.5) is 5.13 Å². The van der Waals surface area contributed by atoms with Crippen LogP contribution in [0.15, 0.2) is 0 Å². The average molecular weight is 308 g/mol. The van der Waals surface area contributed by atoms with Gasteiger partial charge in [-0.3, -0.25) is 0 Å². The predicted octanol–water partition coefficient (Wildman–Crippen LogP) is 4.00. The van der Waals surface area contributed by atoms with Crippen LogP contribution in [0.3, 0.4) is 0 Å². The highest BCUT2D eigenvalue weighted by molar-refractivity contribution is 7.15. The number of thiazole rings is 1. The van der Waals surface area contributed by atoms with Crippen molar-refractivity contribution in [1.29, 1.82) is 0 Å². The Bertz CT molecular complexity index is 459. The fourth-order valence-electron chi connectivity index (χ4n) is 3.82. The molecule has 0 radical (unpaired) electrons. The first-order valence-corrected chi connectivity index (χ1v) is 9.49. The van der Waals surface area contributed by atoms with Gasteiger partial charge in [0.1, 0.15) is 0 Å². The lowest BCUT2D eigenvalue weighted by Gasteiger charge is -2.15. The molecule has 118 valence electrons. The number of rotatable bonds is 6. The Labute approximate surface area is 133 Å². The SMILES string of the molecule is CCNCc1sc(N2CC3CCCC3C2)nc1C(C)CC. The zero-order valence-electron chi connectivity index (χ0n) is 13.7. The summed E-state index contributed by atoms with van der Waals surface area (Å²) in [6.45, 7) is 11.3. The minimum Gasteiger partial charge on any atom is -0.348 e. The molecule has 1 saturated heterocycles. The first-order valence-electron chi connectivity index (χ1n) is 8.68. The molecule has 3 unspecified atom stereocenters. The molecule has 4 heteroatoms. The first-order chi connectivity index (χ1) is 10.2. The third-order valence-electron chi connectivity index (χ3n) is 5.33. The van der Waals surface area contributed by atoms with Gasteiger partial charge in [0.15, 0.2) is 5.13 Å². The number of nitrogens with zero attached hydrogens (tertiary/aromatic N) is 2. The van der Waals surface area contributed by atoms with Gasteiger partial charge in [-0.05, 0) is 43.6 Å². The van der Waals surface area contributed by atoms with E-state index in [1.165, 1.54) is 54.5 Å². The van der Waals surface area contributed by atoms with E-state index in [0.717, 1.165) is 24.9 Å². The van der Waals surface area contributed by atoms with Gasteiger partial charge in [-0.15, -0.1) is 11.3 Å². The smallest absolute Gasteiger partial charge is 0.185 e. The zero-order valence-corrected chi connectivity index (χ0v) is 14.5. The Hall–Kier alpha value is -0.610. The fourth-order valence-corrected chi connectivity index (χ4v) is 4.99. The lowest BCUT2D eigenvalue weighted by Crippen LogP contribution is -2.20. The molecule has 1 aliphatic carbocycles. The van der Waals surface area contributed by atoms with Gasteiger partial charge >= 0.3 is 0 Å². The van der Waals surface area contributed by atoms with Gasteiger partial charge in [-0.25, -0.2) is 4.98 Å². The van der Waals surface area contributed by atoms with Crippen molar-refractivity contribution in [3.8, 4) is 0 Å². The van der Waals surface area contributed by atoms with E-state index in [4.69, 9.17) is 4.98 Å². The molecular formula is C17H29N3S. The van der Waals surface area contributed by atoms with E-state index in [9.17, 15) is 0 Å². The number of hydrogen-bond donors (Lipinski definition) is 1. The van der Waals surface area contributed by atoms with Gasteiger partial charge in [0.25, 0.3) is 0 Å². The molecule has 0 amide bonds. The Balaban J connectivity index is 1.77. The van der Waals surface area contributed by atoms with Crippen LogP contribution in [0, 0.1) is 11.8 Å². The van der Waals surface area contributed by atoms with E-state index in [0.29, 0.717) is 5.92 Å². The van der Waals surface area contributed by atoms with Crippen molar-refractivity contribution in [1.82, 2.24) is 10.3 Å². The maximum absolute atomic E-state index is 5.05. The van der Waals surface area contributed by atoms with Crippen molar-refractivity contribution in [2.75, 3.05) is 24.5 Å². The quantitative estimate of drug-likeness (QED) is 0.861. The van der Waals surface area contributed by atoms with Crippen LogP contribution >= 0.6 is 11.3 Å². The fraction of sp³-hybridized carbons (Fsp3) is 0.824. The minimum absolute atomic E-state index is 0.575. The normalized spacial score (nSPS) is 26.3. The summed E-state index contributed by atoms with van der Waals surface area (Å²) in [4.78, 5) is 9.07. The van der Waals surface area contributed by atoms with E-state index in [2.05, 4.69) is 31.0 Å². The number of fused-ring (bicyclic) bond motifs is 1. The van der Waals surface area contributed by atoms with Crippen LogP contribution in [0.1, 0.15) is 62.9 Å². The summed E-state index contributed by atoms with van der Waals surface area (Å²) < 4.78 is 0. The van der Waals surface area contributed by atoms with Crippen LogP contribution < -0.4 is 10.2 Å². The summed E-state index contributed by atoms with van der Waals surface area (Å²) in [5.74, 6) is 2.46. The summed E-state index contributed by atoms with van der Waals surface area (Å²) in [7, 11) is 0. The topological polar surface area (TPSA) is 28.2 Å². The Morgan fingerprint density at radius 3 is 2.62 bits per heavy atom. The van der Waals surface area contributed by atoms with Gasteiger partial charge < -0.3 is 10.2 Å². The number of anilines is 1.